The van der Waals surface area contributed by atoms with Crippen molar-refractivity contribution in [2.75, 3.05) is 13.2 Å². The molecule has 0 bridgehead atoms. The lowest BCUT2D eigenvalue weighted by molar-refractivity contribution is -0.167. The summed E-state index contributed by atoms with van der Waals surface area (Å²) in [5, 5.41) is 0. The molecule has 0 aliphatic rings. The largest absolute Gasteiger partial charge is 0.462 e. The molecule has 0 aromatic carbocycles. The molecule has 77 heavy (non-hydrogen) atoms. The minimum atomic E-state index is -0.773. The summed E-state index contributed by atoms with van der Waals surface area (Å²) in [6.45, 7) is 6.59. The smallest absolute Gasteiger partial charge is 0.306 e. The van der Waals surface area contributed by atoms with Crippen molar-refractivity contribution in [3.05, 3.63) is 48.6 Å². The Morgan fingerprint density at radius 3 is 0.792 bits per heavy atom. The monoisotopic (exact) mass is 1080 g/mol. The molecule has 0 spiro atoms. The normalized spacial score (nSPS) is 12.3. The zero-order valence-corrected chi connectivity index (χ0v) is 51.7. The standard InChI is InChI=1S/C71H130O6/c1-4-7-10-13-16-19-22-25-27-29-31-33-35-37-38-40-42-44-46-49-52-55-58-61-64-70(73)76-67-68(66-75-69(72)63-60-57-54-51-48-24-21-18-15-12-9-6-3)77-71(74)65-62-59-56-53-50-47-45-43-41-39-36-34-32-30-28-26-23-20-17-14-11-8-5-2/h8,11,17,20,26,28,32,34,68H,4-7,9-10,12-16,18-19,21-25,27,29-31,33,35-67H2,1-3H3/b11-8-,20-17-,28-26-,34-32-. The first-order chi connectivity index (χ1) is 38.0. The zero-order chi connectivity index (χ0) is 55.7. The van der Waals surface area contributed by atoms with E-state index in [4.69, 9.17) is 14.2 Å². The van der Waals surface area contributed by atoms with Crippen LogP contribution in [0.3, 0.4) is 0 Å². The van der Waals surface area contributed by atoms with Crippen molar-refractivity contribution in [2.24, 2.45) is 0 Å². The molecule has 6 heteroatoms. The van der Waals surface area contributed by atoms with Crippen LogP contribution in [0.4, 0.5) is 0 Å². The lowest BCUT2D eigenvalue weighted by Crippen LogP contribution is -2.30. The molecular formula is C71H130O6. The van der Waals surface area contributed by atoms with Gasteiger partial charge in [0.2, 0.25) is 0 Å². The molecule has 0 saturated heterocycles. The summed E-state index contributed by atoms with van der Waals surface area (Å²) in [5.74, 6) is -0.848. The van der Waals surface area contributed by atoms with Gasteiger partial charge in [-0.3, -0.25) is 14.4 Å². The molecule has 0 saturated carbocycles. The predicted molar refractivity (Wildman–Crippen MR) is 335 cm³/mol. The Hall–Kier alpha value is -2.63. The van der Waals surface area contributed by atoms with Crippen LogP contribution in [0.2, 0.25) is 0 Å². The van der Waals surface area contributed by atoms with Crippen LogP contribution in [0.15, 0.2) is 48.6 Å². The second-order valence-electron chi connectivity index (χ2n) is 23.1. The van der Waals surface area contributed by atoms with Gasteiger partial charge in [-0.15, -0.1) is 0 Å². The van der Waals surface area contributed by atoms with Crippen LogP contribution in [-0.4, -0.2) is 37.2 Å². The average molecular weight is 1080 g/mol. The van der Waals surface area contributed by atoms with Gasteiger partial charge in [-0.25, -0.2) is 0 Å². The first kappa shape index (κ1) is 74.4. The van der Waals surface area contributed by atoms with Gasteiger partial charge < -0.3 is 14.2 Å². The topological polar surface area (TPSA) is 78.9 Å². The Kier molecular flexibility index (Phi) is 63.6. The molecule has 1 unspecified atom stereocenters. The molecule has 0 rings (SSSR count). The van der Waals surface area contributed by atoms with Crippen molar-refractivity contribution < 1.29 is 28.6 Å². The van der Waals surface area contributed by atoms with Crippen LogP contribution in [-0.2, 0) is 28.6 Å². The third-order valence-corrected chi connectivity index (χ3v) is 15.3. The number of unbranched alkanes of at least 4 members (excludes halogenated alkanes) is 44. The predicted octanol–water partition coefficient (Wildman–Crippen LogP) is 23.3. The molecule has 450 valence electrons. The molecule has 0 heterocycles. The van der Waals surface area contributed by atoms with E-state index in [-0.39, 0.29) is 31.1 Å². The minimum Gasteiger partial charge on any atom is -0.462 e. The van der Waals surface area contributed by atoms with Crippen molar-refractivity contribution in [1.82, 2.24) is 0 Å². The Labute approximate surface area is 479 Å². The summed E-state index contributed by atoms with van der Waals surface area (Å²) in [7, 11) is 0. The maximum atomic E-state index is 12.9. The van der Waals surface area contributed by atoms with E-state index in [0.717, 1.165) is 83.5 Å². The molecule has 0 aromatic rings. The lowest BCUT2D eigenvalue weighted by atomic mass is 10.0. The molecule has 0 fully saturated rings. The number of allylic oxidation sites excluding steroid dienone is 8. The molecule has 0 aliphatic heterocycles. The van der Waals surface area contributed by atoms with Gasteiger partial charge in [0.25, 0.3) is 0 Å². The summed E-state index contributed by atoms with van der Waals surface area (Å²) in [5.41, 5.74) is 0. The highest BCUT2D eigenvalue weighted by molar-refractivity contribution is 5.71. The molecule has 0 N–H and O–H groups in total. The number of hydrogen-bond donors (Lipinski definition) is 0. The second-order valence-corrected chi connectivity index (χ2v) is 23.1. The first-order valence-corrected chi connectivity index (χ1v) is 34.1. The Morgan fingerprint density at radius 2 is 0.506 bits per heavy atom. The maximum absolute atomic E-state index is 12.9. The summed E-state index contributed by atoms with van der Waals surface area (Å²) in [6.07, 6.45) is 82.8. The van der Waals surface area contributed by atoms with Gasteiger partial charge in [0.05, 0.1) is 0 Å². The number of hydrogen-bond acceptors (Lipinski definition) is 6. The second kappa shape index (κ2) is 65.9. The van der Waals surface area contributed by atoms with Crippen LogP contribution >= 0.6 is 0 Å². The van der Waals surface area contributed by atoms with Gasteiger partial charge in [-0.2, -0.15) is 0 Å². The molecule has 0 radical (unpaired) electrons. The Balaban J connectivity index is 4.23. The molecule has 0 aliphatic carbocycles. The van der Waals surface area contributed by atoms with E-state index in [0.29, 0.717) is 19.3 Å². The van der Waals surface area contributed by atoms with Gasteiger partial charge >= 0.3 is 17.9 Å². The van der Waals surface area contributed by atoms with Gasteiger partial charge in [-0.05, 0) is 57.8 Å². The number of ether oxygens (including phenoxy) is 3. The lowest BCUT2D eigenvalue weighted by Gasteiger charge is -2.18. The quantitative estimate of drug-likeness (QED) is 0.0261. The number of carbonyl (C=O) groups excluding carboxylic acids is 3. The third-order valence-electron chi connectivity index (χ3n) is 15.3. The number of esters is 3. The molecular weight excluding hydrogens is 949 g/mol. The van der Waals surface area contributed by atoms with Gasteiger partial charge in [-0.1, -0.05) is 339 Å². The van der Waals surface area contributed by atoms with Crippen molar-refractivity contribution >= 4 is 17.9 Å². The first-order valence-electron chi connectivity index (χ1n) is 34.1. The highest BCUT2D eigenvalue weighted by Crippen LogP contribution is 2.18. The summed E-state index contributed by atoms with van der Waals surface area (Å²) < 4.78 is 17.0. The van der Waals surface area contributed by atoms with Gasteiger partial charge in [0.1, 0.15) is 13.2 Å². The summed E-state index contributed by atoms with van der Waals surface area (Å²) >= 11 is 0. The zero-order valence-electron chi connectivity index (χ0n) is 51.7. The van der Waals surface area contributed by atoms with Gasteiger partial charge in [0, 0.05) is 19.3 Å². The molecule has 6 nitrogen and oxygen atoms in total. The van der Waals surface area contributed by atoms with E-state index in [1.807, 2.05) is 0 Å². The summed E-state index contributed by atoms with van der Waals surface area (Å²) in [4.78, 5) is 38.4. The average Bonchev–Trinajstić information content (AvgIpc) is 3.43. The number of carbonyl (C=O) groups is 3. The van der Waals surface area contributed by atoms with Crippen LogP contribution < -0.4 is 0 Å². The SMILES string of the molecule is CC/C=C\C/C=C\C/C=C\C/C=C\CCCCCCCCCCCCC(=O)OC(COC(=O)CCCCCCCCCCCCCC)COC(=O)CCCCCCCCCCCCCCCCCCCCCCCCCC. The fourth-order valence-electron chi connectivity index (χ4n) is 10.3. The van der Waals surface area contributed by atoms with Crippen LogP contribution in [0, 0.1) is 0 Å². The van der Waals surface area contributed by atoms with E-state index in [1.165, 1.54) is 244 Å². The molecule has 1 atom stereocenters. The van der Waals surface area contributed by atoms with Gasteiger partial charge in [0.15, 0.2) is 6.10 Å². The summed E-state index contributed by atoms with van der Waals surface area (Å²) in [6, 6.07) is 0. The van der Waals surface area contributed by atoms with E-state index in [1.54, 1.807) is 0 Å². The maximum Gasteiger partial charge on any atom is 0.306 e. The Bertz CT molecular complexity index is 1330. The highest BCUT2D eigenvalue weighted by Gasteiger charge is 2.19. The van der Waals surface area contributed by atoms with E-state index in [9.17, 15) is 14.4 Å². The van der Waals surface area contributed by atoms with E-state index < -0.39 is 6.10 Å². The fraction of sp³-hybridized carbons (Fsp3) is 0.845. The minimum absolute atomic E-state index is 0.0692. The van der Waals surface area contributed by atoms with Crippen molar-refractivity contribution in [1.29, 1.82) is 0 Å². The van der Waals surface area contributed by atoms with E-state index >= 15 is 0 Å². The van der Waals surface area contributed by atoms with Crippen LogP contribution in [0.25, 0.3) is 0 Å². The van der Waals surface area contributed by atoms with Crippen molar-refractivity contribution in [3.63, 3.8) is 0 Å². The van der Waals surface area contributed by atoms with Crippen LogP contribution in [0.1, 0.15) is 367 Å². The molecule has 0 amide bonds. The third kappa shape index (κ3) is 64.1. The van der Waals surface area contributed by atoms with E-state index in [2.05, 4.69) is 69.4 Å². The fourth-order valence-corrected chi connectivity index (χ4v) is 10.3. The van der Waals surface area contributed by atoms with Crippen molar-refractivity contribution in [2.45, 2.75) is 374 Å². The van der Waals surface area contributed by atoms with Crippen LogP contribution in [0.5, 0.6) is 0 Å². The van der Waals surface area contributed by atoms with Crippen molar-refractivity contribution in [3.8, 4) is 0 Å². The Morgan fingerprint density at radius 1 is 0.273 bits per heavy atom. The molecule has 0 aromatic heterocycles. The highest BCUT2D eigenvalue weighted by atomic mass is 16.6. The number of rotatable bonds is 63.